The predicted octanol–water partition coefficient (Wildman–Crippen LogP) is 10.2. The third-order valence-electron chi connectivity index (χ3n) is 20.7. The molecule has 8 aliphatic rings. The maximum absolute atomic E-state index is 13.0. The smallest absolute Gasteiger partial charge is 0.327 e. The van der Waals surface area contributed by atoms with Gasteiger partial charge in [-0.05, 0) is 107 Å². The molecule has 8 aliphatic heterocycles. The van der Waals surface area contributed by atoms with Crippen molar-refractivity contribution < 1.29 is 96.1 Å². The van der Waals surface area contributed by atoms with E-state index in [0.717, 1.165) is 0 Å². The van der Waals surface area contributed by atoms with Crippen LogP contribution in [0.4, 0.5) is 0 Å². The Morgan fingerprint density at radius 2 is 0.509 bits per heavy atom. The number of hydrogen-bond donors (Lipinski definition) is 8. The van der Waals surface area contributed by atoms with Gasteiger partial charge in [0, 0.05) is 41.2 Å². The maximum atomic E-state index is 13.0. The molecule has 0 radical (unpaired) electrons. The Kier molecular flexibility index (Phi) is 22.7. The highest BCUT2D eigenvalue weighted by Crippen LogP contribution is 2.55. The lowest BCUT2D eigenvalue weighted by atomic mass is 9.95. The molecular weight excluding hydrogens is 1670 g/mol. The van der Waals surface area contributed by atoms with E-state index in [1.165, 1.54) is 66.6 Å². The number of aromatic nitrogens is 4. The van der Waals surface area contributed by atoms with Gasteiger partial charge in [-0.25, -0.2) is 19.2 Å². The predicted molar refractivity (Wildman–Crippen MR) is 427 cm³/mol. The molecule has 0 spiro atoms. The minimum absolute atomic E-state index is 0.196. The largest absolute Gasteiger partial charge is 0.480 e. The summed E-state index contributed by atoms with van der Waals surface area (Å²) in [6.07, 6.45) is 0. The van der Waals surface area contributed by atoms with Crippen molar-refractivity contribution in [2.75, 3.05) is 0 Å². The Morgan fingerprint density at radius 3 is 0.672 bits per heavy atom. The van der Waals surface area contributed by atoms with Crippen LogP contribution in [0.2, 0.25) is 20.1 Å². The average Bonchev–Trinajstić information content (AvgIpc) is 1.58. The zero-order chi connectivity index (χ0) is 84.3. The summed E-state index contributed by atoms with van der Waals surface area (Å²) in [5.74, 6) is -6.78. The number of aliphatic carboxylic acids is 4. The molecule has 0 aliphatic carbocycles. The number of carbonyl (C=O) groups excluding carboxylic acids is 8. The molecule has 0 unspecified atom stereocenters. The van der Waals surface area contributed by atoms with Crippen LogP contribution in [0.15, 0.2) is 115 Å². The molecule has 12 heterocycles. The SMILES string of the molecule is Cc1onc(-c2ccccc2Cl)c1C(=O)N[C@@H]1C(=O)N2[C@@H]1SC(C)(C)[C@@H]2C(=O)O.Cc1onc(-c2ccccc2Cl)c1C(=O)N[C@@H]1C(=O)N2[C@@H]1SC(C)(C)[C@@H]2C(=O)O.Cc1onc(-c2ccccc2Cl)c1C(=O)N[C@@H]1C(=O)N2[C@@H]1SC(C)(C)[C@@H]2C(=O)O.Cc1onc(-c2ccccc2Cl)c1C(=O)N[C@@H]1C(=O)N2[C@@H]1SC(C)(C)[C@@H]2C(=O)O. The fourth-order valence-corrected chi connectivity index (χ4v) is 22.7. The van der Waals surface area contributed by atoms with Crippen LogP contribution in [0.1, 0.15) is 120 Å². The van der Waals surface area contributed by atoms with Crippen molar-refractivity contribution in [2.45, 2.75) is 172 Å². The highest BCUT2D eigenvalue weighted by molar-refractivity contribution is 8.02. The number of carbonyl (C=O) groups is 12. The van der Waals surface area contributed by atoms with Gasteiger partial charge in [0.2, 0.25) is 23.6 Å². The van der Waals surface area contributed by atoms with Gasteiger partial charge < -0.3 is 79.4 Å². The summed E-state index contributed by atoms with van der Waals surface area (Å²) < 4.78 is 18.2. The number of thioether (sulfide) groups is 4. The van der Waals surface area contributed by atoms with E-state index in [9.17, 15) is 78.0 Å². The molecule has 32 nitrogen and oxygen atoms in total. The first kappa shape index (κ1) is 83.9. The summed E-state index contributed by atoms with van der Waals surface area (Å²) in [5.41, 5.74) is 4.11. The molecule has 0 saturated carbocycles. The van der Waals surface area contributed by atoms with Gasteiger partial charge in [-0.1, -0.05) is 140 Å². The number of fused-ring (bicyclic) bond motifs is 4. The van der Waals surface area contributed by atoms with Crippen molar-refractivity contribution in [3.05, 3.63) is 162 Å². The molecule has 116 heavy (non-hydrogen) atoms. The highest BCUT2D eigenvalue weighted by Gasteiger charge is 2.68. The van der Waals surface area contributed by atoms with E-state index in [4.69, 9.17) is 64.5 Å². The van der Waals surface area contributed by atoms with Crippen molar-refractivity contribution in [3.63, 3.8) is 0 Å². The molecule has 8 N–H and O–H groups in total. The van der Waals surface area contributed by atoms with E-state index in [1.807, 2.05) is 0 Å². The number of nitrogens with zero attached hydrogens (tertiary/aromatic N) is 8. The number of rotatable bonds is 16. The van der Waals surface area contributed by atoms with E-state index in [-0.39, 0.29) is 45.0 Å². The Morgan fingerprint density at radius 1 is 0.336 bits per heavy atom. The molecule has 0 bridgehead atoms. The van der Waals surface area contributed by atoms with Crippen LogP contribution in [0.25, 0.3) is 45.0 Å². The van der Waals surface area contributed by atoms with Gasteiger partial charge in [-0.2, -0.15) is 0 Å². The quantitative estimate of drug-likeness (QED) is 0.0417. The molecule has 16 rings (SSSR count). The highest BCUT2D eigenvalue weighted by atomic mass is 35.5. The maximum Gasteiger partial charge on any atom is 0.327 e. The number of carboxylic acid groups (broad SMARTS) is 4. The van der Waals surface area contributed by atoms with E-state index in [1.54, 1.807) is 180 Å². The summed E-state index contributed by atoms with van der Waals surface area (Å²) in [7, 11) is 0. The third kappa shape index (κ3) is 14.7. The van der Waals surface area contributed by atoms with E-state index >= 15 is 0 Å². The standard InChI is InChI=1S/4C19H18ClN3O5S/c4*1-8-11(12(22-28-8)9-6-4-5-7-10(9)20)15(24)21-13-16(25)23-14(18(26)27)19(2,3)29-17(13)23/h4*4-7,13-14,17H,1-3H3,(H,21,24)(H,26,27)/t4*13-,14+,17-/m1111/s1. The molecular formula is C76H72Cl4N12O20S4. The van der Waals surface area contributed by atoms with Crippen LogP contribution in [-0.4, -0.2) is 221 Å². The first-order valence-electron chi connectivity index (χ1n) is 35.5. The normalized spacial score (nSPS) is 24.8. The number of β-lactam (4-membered cyclic amide) rings is 4. The average molecular weight is 1740 g/mol. The van der Waals surface area contributed by atoms with Crippen LogP contribution in [-0.2, 0) is 38.4 Å². The molecule has 8 aromatic rings. The van der Waals surface area contributed by atoms with Gasteiger partial charge in [-0.15, -0.1) is 47.0 Å². The number of aryl methyl sites for hydroxylation is 4. The van der Waals surface area contributed by atoms with E-state index < -0.39 is 160 Å². The Labute approximate surface area is 696 Å². The molecule has 8 amide bonds. The van der Waals surface area contributed by atoms with E-state index in [2.05, 4.69) is 41.9 Å². The zero-order valence-electron chi connectivity index (χ0n) is 63.2. The summed E-state index contributed by atoms with van der Waals surface area (Å²) >= 11 is 30.4. The Balaban J connectivity index is 0.000000135. The molecule has 40 heteroatoms. The molecule has 12 atom stereocenters. The fraction of sp³-hybridized carbons (Fsp3) is 0.368. The number of benzene rings is 4. The second-order valence-corrected chi connectivity index (χ2v) is 38.7. The lowest BCUT2D eigenvalue weighted by Gasteiger charge is -2.43. The third-order valence-corrected chi connectivity index (χ3v) is 28.3. The number of amides is 8. The van der Waals surface area contributed by atoms with Crippen molar-refractivity contribution in [1.82, 2.24) is 61.5 Å². The van der Waals surface area contributed by atoms with Crippen LogP contribution in [0.5, 0.6) is 0 Å². The molecule has 8 saturated heterocycles. The number of carboxylic acids is 4. The van der Waals surface area contributed by atoms with Gasteiger partial charge in [0.15, 0.2) is 0 Å². The van der Waals surface area contributed by atoms with Crippen LogP contribution in [0, 0.1) is 27.7 Å². The number of hydrogen-bond acceptors (Lipinski definition) is 24. The van der Waals surface area contributed by atoms with Crippen molar-refractivity contribution in [1.29, 1.82) is 0 Å². The summed E-state index contributed by atoms with van der Waals surface area (Å²) in [6.45, 7) is 20.6. The molecule has 608 valence electrons. The Hall–Kier alpha value is -10.1. The Bertz CT molecular complexity index is 4800. The van der Waals surface area contributed by atoms with Crippen LogP contribution < -0.4 is 21.3 Å². The van der Waals surface area contributed by atoms with Gasteiger partial charge in [0.05, 0.1) is 20.1 Å². The minimum atomic E-state index is -1.06. The van der Waals surface area contributed by atoms with Gasteiger partial charge in [0.25, 0.3) is 23.6 Å². The first-order valence-corrected chi connectivity index (χ1v) is 40.6. The lowest BCUT2D eigenvalue weighted by Crippen LogP contribution is -2.70. The van der Waals surface area contributed by atoms with E-state index in [0.29, 0.717) is 65.4 Å². The monoisotopic (exact) mass is 1740 g/mol. The number of halogens is 4. The van der Waals surface area contributed by atoms with Gasteiger partial charge >= 0.3 is 23.9 Å². The first-order chi connectivity index (χ1) is 54.5. The van der Waals surface area contributed by atoms with Crippen LogP contribution >= 0.6 is 93.5 Å². The minimum Gasteiger partial charge on any atom is -0.480 e. The zero-order valence-corrected chi connectivity index (χ0v) is 69.5. The van der Waals surface area contributed by atoms with Crippen molar-refractivity contribution >= 4 is 165 Å². The second kappa shape index (κ2) is 31.4. The summed E-state index contributed by atoms with van der Waals surface area (Å²) in [4.78, 5) is 154. The molecule has 4 aromatic carbocycles. The van der Waals surface area contributed by atoms with Gasteiger partial charge in [-0.3, -0.25) is 38.4 Å². The molecule has 4 aromatic heterocycles. The van der Waals surface area contributed by atoms with Crippen molar-refractivity contribution in [2.24, 2.45) is 0 Å². The fourth-order valence-electron chi connectivity index (χ4n) is 15.3. The topological polar surface area (TPSA) is 451 Å². The summed E-state index contributed by atoms with van der Waals surface area (Å²) in [6, 6.07) is 20.7. The number of nitrogens with one attached hydrogen (secondary N) is 4. The second-order valence-electron chi connectivity index (χ2n) is 30.0. The van der Waals surface area contributed by atoms with Crippen LogP contribution in [0.3, 0.4) is 0 Å². The van der Waals surface area contributed by atoms with Gasteiger partial charge in [0.1, 0.15) is 138 Å². The van der Waals surface area contributed by atoms with Crippen molar-refractivity contribution in [3.8, 4) is 45.0 Å². The molecule has 8 fully saturated rings. The lowest BCUT2D eigenvalue weighted by molar-refractivity contribution is -0.159. The summed E-state index contributed by atoms with van der Waals surface area (Å²) in [5, 5.41) is 64.7.